The van der Waals surface area contributed by atoms with Crippen LogP contribution in [0.1, 0.15) is 81.6 Å². The van der Waals surface area contributed by atoms with Crippen molar-refractivity contribution in [3.05, 3.63) is 0 Å². The van der Waals surface area contributed by atoms with Gasteiger partial charge in [0.25, 0.3) is 0 Å². The normalized spacial score (nSPS) is 16.1. The third-order valence-corrected chi connectivity index (χ3v) is 4.69. The lowest BCUT2D eigenvalue weighted by atomic mass is 9.67. The molecule has 0 aliphatic heterocycles. The van der Waals surface area contributed by atoms with Gasteiger partial charge in [-0.15, -0.1) is 0 Å². The van der Waals surface area contributed by atoms with Gasteiger partial charge in [0, 0.05) is 0 Å². The van der Waals surface area contributed by atoms with Gasteiger partial charge in [-0.3, -0.25) is 0 Å². The molecule has 0 aliphatic rings. The molecule has 0 amide bonds. The highest BCUT2D eigenvalue weighted by atomic mass is 14.4. The number of hydrogen-bond acceptors (Lipinski definition) is 0. The maximum Gasteiger partial charge on any atom is -0.0337 e. The van der Waals surface area contributed by atoms with Crippen LogP contribution in [0, 0.1) is 41.4 Å². The molecule has 0 aromatic heterocycles. The Labute approximate surface area is 123 Å². The van der Waals surface area contributed by atoms with E-state index in [1.165, 1.54) is 19.3 Å². The van der Waals surface area contributed by atoms with Crippen molar-refractivity contribution in [1.29, 1.82) is 0 Å². The summed E-state index contributed by atoms with van der Waals surface area (Å²) in [6.45, 7) is 21.7. The standard InChI is InChI=1S/C19H40/c1-13(2)10-11-18(17(9)12-14(3)4)19(15(5)6)16(7)8/h13-19H,10-12H2,1-9H3. The fraction of sp³-hybridized carbons (Fsp3) is 1.00. The van der Waals surface area contributed by atoms with E-state index in [1.807, 2.05) is 0 Å². The molecule has 0 radical (unpaired) electrons. The highest BCUT2D eigenvalue weighted by molar-refractivity contribution is 4.80. The highest BCUT2D eigenvalue weighted by Gasteiger charge is 2.31. The molecule has 0 saturated carbocycles. The summed E-state index contributed by atoms with van der Waals surface area (Å²) in [7, 11) is 0. The van der Waals surface area contributed by atoms with Crippen LogP contribution < -0.4 is 0 Å². The van der Waals surface area contributed by atoms with Crippen LogP contribution in [0.2, 0.25) is 0 Å². The second-order valence-corrected chi connectivity index (χ2v) is 8.31. The van der Waals surface area contributed by atoms with Crippen LogP contribution in [0.15, 0.2) is 0 Å². The van der Waals surface area contributed by atoms with Gasteiger partial charge in [0.15, 0.2) is 0 Å². The van der Waals surface area contributed by atoms with E-state index in [4.69, 9.17) is 0 Å². The minimum atomic E-state index is 0.812. The van der Waals surface area contributed by atoms with E-state index in [1.54, 1.807) is 0 Å². The van der Waals surface area contributed by atoms with Crippen LogP contribution in [-0.4, -0.2) is 0 Å². The van der Waals surface area contributed by atoms with Crippen molar-refractivity contribution in [2.24, 2.45) is 41.4 Å². The Balaban J connectivity index is 4.89. The Morgan fingerprint density at radius 1 is 0.579 bits per heavy atom. The molecule has 0 N–H and O–H groups in total. The summed E-state index contributed by atoms with van der Waals surface area (Å²) in [6, 6.07) is 0. The summed E-state index contributed by atoms with van der Waals surface area (Å²) in [6.07, 6.45) is 4.20. The van der Waals surface area contributed by atoms with Gasteiger partial charge in [0.05, 0.1) is 0 Å². The van der Waals surface area contributed by atoms with Gasteiger partial charge in [0.2, 0.25) is 0 Å². The van der Waals surface area contributed by atoms with E-state index in [0.29, 0.717) is 0 Å². The zero-order chi connectivity index (χ0) is 15.2. The molecule has 116 valence electrons. The number of rotatable bonds is 9. The van der Waals surface area contributed by atoms with Crippen LogP contribution in [0.3, 0.4) is 0 Å². The summed E-state index contributed by atoms with van der Waals surface area (Å²) < 4.78 is 0. The molecular formula is C19H40. The van der Waals surface area contributed by atoms with Crippen molar-refractivity contribution in [2.75, 3.05) is 0 Å². The van der Waals surface area contributed by atoms with E-state index in [0.717, 1.165) is 41.4 Å². The van der Waals surface area contributed by atoms with Crippen molar-refractivity contribution < 1.29 is 0 Å². The molecule has 0 fully saturated rings. The minimum Gasteiger partial charge on any atom is -0.0628 e. The fourth-order valence-electron chi connectivity index (χ4n) is 4.06. The van der Waals surface area contributed by atoms with Gasteiger partial charge < -0.3 is 0 Å². The number of hydrogen-bond donors (Lipinski definition) is 0. The molecule has 0 spiro atoms. The van der Waals surface area contributed by atoms with E-state index < -0.39 is 0 Å². The van der Waals surface area contributed by atoms with Crippen molar-refractivity contribution >= 4 is 0 Å². The van der Waals surface area contributed by atoms with Gasteiger partial charge >= 0.3 is 0 Å². The first-order valence-corrected chi connectivity index (χ1v) is 8.66. The van der Waals surface area contributed by atoms with Gasteiger partial charge in [-0.1, -0.05) is 68.7 Å². The summed E-state index contributed by atoms with van der Waals surface area (Å²) >= 11 is 0. The summed E-state index contributed by atoms with van der Waals surface area (Å²) in [5.74, 6) is 5.95. The SMILES string of the molecule is CC(C)CCC(C(C)CC(C)C)C(C(C)C)C(C)C. The lowest BCUT2D eigenvalue weighted by molar-refractivity contribution is 0.110. The molecule has 2 atom stereocenters. The average molecular weight is 269 g/mol. The van der Waals surface area contributed by atoms with Gasteiger partial charge in [0.1, 0.15) is 0 Å². The molecule has 0 heteroatoms. The lowest BCUT2D eigenvalue weighted by Gasteiger charge is -2.38. The molecule has 0 saturated heterocycles. The van der Waals surface area contributed by atoms with Crippen LogP contribution >= 0.6 is 0 Å². The molecule has 0 aromatic carbocycles. The molecule has 2 unspecified atom stereocenters. The predicted octanol–water partition coefficient (Wildman–Crippen LogP) is 6.65. The zero-order valence-electron chi connectivity index (χ0n) is 15.2. The Kier molecular flexibility index (Phi) is 9.03. The molecule has 0 rings (SSSR count). The first-order valence-electron chi connectivity index (χ1n) is 8.66. The predicted molar refractivity (Wildman–Crippen MR) is 89.3 cm³/mol. The van der Waals surface area contributed by atoms with Crippen LogP contribution in [-0.2, 0) is 0 Å². The molecule has 0 aromatic rings. The molecule has 0 heterocycles. The van der Waals surface area contributed by atoms with E-state index in [2.05, 4.69) is 62.3 Å². The summed E-state index contributed by atoms with van der Waals surface area (Å²) in [5, 5.41) is 0. The molecule has 19 heavy (non-hydrogen) atoms. The largest absolute Gasteiger partial charge is 0.0628 e. The van der Waals surface area contributed by atoms with Gasteiger partial charge in [-0.25, -0.2) is 0 Å². The maximum atomic E-state index is 2.50. The minimum absolute atomic E-state index is 0.812. The fourth-order valence-corrected chi connectivity index (χ4v) is 4.06. The van der Waals surface area contributed by atoms with Crippen LogP contribution in [0.25, 0.3) is 0 Å². The third-order valence-electron chi connectivity index (χ3n) is 4.69. The van der Waals surface area contributed by atoms with E-state index in [9.17, 15) is 0 Å². The zero-order valence-corrected chi connectivity index (χ0v) is 15.2. The smallest absolute Gasteiger partial charge is 0.0337 e. The monoisotopic (exact) mass is 268 g/mol. The summed E-state index contributed by atoms with van der Waals surface area (Å²) in [5.41, 5.74) is 0. The van der Waals surface area contributed by atoms with Gasteiger partial charge in [-0.2, -0.15) is 0 Å². The van der Waals surface area contributed by atoms with Crippen molar-refractivity contribution in [3.63, 3.8) is 0 Å². The first kappa shape index (κ1) is 19.0. The molecule has 0 aliphatic carbocycles. The van der Waals surface area contributed by atoms with Crippen molar-refractivity contribution in [1.82, 2.24) is 0 Å². The van der Waals surface area contributed by atoms with E-state index in [-0.39, 0.29) is 0 Å². The molecular weight excluding hydrogens is 228 g/mol. The Bertz CT molecular complexity index is 204. The highest BCUT2D eigenvalue weighted by Crippen LogP contribution is 2.39. The third kappa shape index (κ3) is 7.37. The topological polar surface area (TPSA) is 0 Å². The molecule has 0 nitrogen and oxygen atoms in total. The van der Waals surface area contributed by atoms with E-state index >= 15 is 0 Å². The second-order valence-electron chi connectivity index (χ2n) is 8.31. The maximum absolute atomic E-state index is 2.50. The van der Waals surface area contributed by atoms with Crippen molar-refractivity contribution in [2.45, 2.75) is 81.6 Å². The second kappa shape index (κ2) is 9.03. The average Bonchev–Trinajstić information content (AvgIpc) is 2.20. The first-order chi connectivity index (χ1) is 8.66. The Morgan fingerprint density at radius 2 is 1.05 bits per heavy atom. The van der Waals surface area contributed by atoms with Crippen LogP contribution in [0.4, 0.5) is 0 Å². The Morgan fingerprint density at radius 3 is 1.37 bits per heavy atom. The Hall–Kier alpha value is 0. The summed E-state index contributed by atoms with van der Waals surface area (Å²) in [4.78, 5) is 0. The molecule has 0 bridgehead atoms. The lowest BCUT2D eigenvalue weighted by Crippen LogP contribution is -2.31. The van der Waals surface area contributed by atoms with Crippen molar-refractivity contribution in [3.8, 4) is 0 Å². The quantitative estimate of drug-likeness (QED) is 0.439. The van der Waals surface area contributed by atoms with Crippen LogP contribution in [0.5, 0.6) is 0 Å². The van der Waals surface area contributed by atoms with Gasteiger partial charge in [-0.05, 0) is 54.3 Å².